The Kier molecular flexibility index (Phi) is 3.79. The maximum atomic E-state index is 11.8. The Labute approximate surface area is 97.4 Å². The number of hydrogen-bond donors (Lipinski definition) is 2. The summed E-state index contributed by atoms with van der Waals surface area (Å²) in [5.74, 6) is -1.35. The first kappa shape index (κ1) is 12.8. The Morgan fingerprint density at radius 1 is 1.44 bits per heavy atom. The van der Waals surface area contributed by atoms with Crippen molar-refractivity contribution in [3.63, 3.8) is 0 Å². The maximum Gasteiger partial charge on any atom is 0.405 e. The molecule has 1 aromatic carbocycles. The van der Waals surface area contributed by atoms with Crippen molar-refractivity contribution in [3.05, 3.63) is 28.2 Å². The molecule has 0 aromatic heterocycles. The van der Waals surface area contributed by atoms with Crippen LogP contribution in [0.4, 0.5) is 13.2 Å². The quantitative estimate of drug-likeness (QED) is 0.881. The lowest BCUT2D eigenvalue weighted by molar-refractivity contribution is -0.123. The Morgan fingerprint density at radius 3 is 2.56 bits per heavy atom. The van der Waals surface area contributed by atoms with Crippen LogP contribution < -0.4 is 5.32 Å². The minimum absolute atomic E-state index is 0.201. The topological polar surface area (TPSA) is 49.3 Å². The molecule has 1 aromatic rings. The minimum Gasteiger partial charge on any atom is -0.507 e. The molecule has 16 heavy (non-hydrogen) atoms. The molecule has 88 valence electrons. The van der Waals surface area contributed by atoms with Crippen molar-refractivity contribution in [2.24, 2.45) is 0 Å². The first-order chi connectivity index (χ1) is 7.29. The predicted molar refractivity (Wildman–Crippen MR) is 54.2 cm³/mol. The number of carbonyl (C=O) groups excluding carboxylic acids is 1. The van der Waals surface area contributed by atoms with E-state index in [1.54, 1.807) is 5.32 Å². The van der Waals surface area contributed by atoms with Gasteiger partial charge < -0.3 is 10.4 Å². The molecule has 0 aliphatic carbocycles. The van der Waals surface area contributed by atoms with E-state index in [0.29, 0.717) is 4.47 Å². The maximum absolute atomic E-state index is 11.8. The van der Waals surface area contributed by atoms with Gasteiger partial charge in [-0.15, -0.1) is 0 Å². The Bertz CT molecular complexity index is 406. The van der Waals surface area contributed by atoms with Crippen LogP contribution >= 0.6 is 15.9 Å². The molecule has 0 fully saturated rings. The van der Waals surface area contributed by atoms with Crippen LogP contribution in [0.1, 0.15) is 10.4 Å². The molecule has 2 N–H and O–H groups in total. The minimum atomic E-state index is -4.47. The highest BCUT2D eigenvalue weighted by molar-refractivity contribution is 9.10. The van der Waals surface area contributed by atoms with E-state index in [1.165, 1.54) is 18.2 Å². The van der Waals surface area contributed by atoms with E-state index in [1.807, 2.05) is 0 Å². The number of carbonyl (C=O) groups is 1. The van der Waals surface area contributed by atoms with Crippen LogP contribution in [-0.4, -0.2) is 23.7 Å². The molecule has 0 heterocycles. The molecule has 0 unspecified atom stereocenters. The smallest absolute Gasteiger partial charge is 0.405 e. The molecule has 0 aliphatic rings. The second-order valence-electron chi connectivity index (χ2n) is 2.96. The van der Waals surface area contributed by atoms with Gasteiger partial charge in [0.05, 0.1) is 5.56 Å². The van der Waals surface area contributed by atoms with E-state index in [0.717, 1.165) is 0 Å². The number of benzene rings is 1. The van der Waals surface area contributed by atoms with Gasteiger partial charge in [-0.25, -0.2) is 0 Å². The van der Waals surface area contributed by atoms with Gasteiger partial charge in [0.1, 0.15) is 12.3 Å². The normalized spacial score (nSPS) is 11.2. The van der Waals surface area contributed by atoms with Crippen LogP contribution in [0.2, 0.25) is 0 Å². The van der Waals surface area contributed by atoms with Crippen molar-refractivity contribution in [3.8, 4) is 5.75 Å². The predicted octanol–water partition coefficient (Wildman–Crippen LogP) is 2.45. The number of nitrogens with one attached hydrogen (secondary N) is 1. The van der Waals surface area contributed by atoms with Gasteiger partial charge in [-0.2, -0.15) is 13.2 Å². The summed E-state index contributed by atoms with van der Waals surface area (Å²) in [4.78, 5) is 11.2. The summed E-state index contributed by atoms with van der Waals surface area (Å²) in [7, 11) is 0. The molecule has 0 atom stereocenters. The summed E-state index contributed by atoms with van der Waals surface area (Å²) >= 11 is 3.04. The molecule has 1 amide bonds. The van der Waals surface area contributed by atoms with Crippen molar-refractivity contribution >= 4 is 21.8 Å². The van der Waals surface area contributed by atoms with E-state index in [4.69, 9.17) is 0 Å². The summed E-state index contributed by atoms with van der Waals surface area (Å²) in [6, 6.07) is 3.90. The molecular formula is C9H7BrF3NO2. The fourth-order valence-corrected chi connectivity index (χ4v) is 1.32. The third-order valence-electron chi connectivity index (χ3n) is 1.65. The number of aromatic hydroxyl groups is 1. The van der Waals surface area contributed by atoms with Crippen LogP contribution in [0, 0.1) is 0 Å². The molecule has 0 saturated carbocycles. The first-order valence-electron chi connectivity index (χ1n) is 4.13. The van der Waals surface area contributed by atoms with Gasteiger partial charge in [-0.3, -0.25) is 4.79 Å². The average Bonchev–Trinajstić information content (AvgIpc) is 2.13. The van der Waals surface area contributed by atoms with E-state index >= 15 is 0 Å². The average molecular weight is 298 g/mol. The van der Waals surface area contributed by atoms with Gasteiger partial charge in [0, 0.05) is 4.47 Å². The molecule has 0 bridgehead atoms. The molecule has 0 spiro atoms. The van der Waals surface area contributed by atoms with E-state index in [9.17, 15) is 23.1 Å². The van der Waals surface area contributed by atoms with Gasteiger partial charge >= 0.3 is 6.18 Å². The zero-order valence-corrected chi connectivity index (χ0v) is 9.39. The third-order valence-corrected chi connectivity index (χ3v) is 2.15. The summed E-state index contributed by atoms with van der Waals surface area (Å²) in [5, 5.41) is 11.0. The molecule has 7 heteroatoms. The summed E-state index contributed by atoms with van der Waals surface area (Å²) < 4.78 is 36.0. The number of alkyl halides is 3. The number of halogens is 4. The van der Waals surface area contributed by atoms with E-state index < -0.39 is 18.6 Å². The van der Waals surface area contributed by atoms with Gasteiger partial charge in [0.15, 0.2) is 0 Å². The molecule has 0 aliphatic heterocycles. The highest BCUT2D eigenvalue weighted by Crippen LogP contribution is 2.22. The van der Waals surface area contributed by atoms with Gasteiger partial charge in [-0.1, -0.05) is 15.9 Å². The monoisotopic (exact) mass is 297 g/mol. The standard InChI is InChI=1S/C9H7BrF3NO2/c10-5-1-2-6(7(15)3-5)8(16)14-4-9(11,12)13/h1-3,15H,4H2,(H,14,16). The van der Waals surface area contributed by atoms with Gasteiger partial charge in [-0.05, 0) is 18.2 Å². The number of phenolic OH excluding ortho intramolecular Hbond substituents is 1. The lowest BCUT2D eigenvalue weighted by atomic mass is 10.2. The fraction of sp³-hybridized carbons (Fsp3) is 0.222. The summed E-state index contributed by atoms with van der Waals surface area (Å²) in [6.07, 6.45) is -4.47. The number of amides is 1. The van der Waals surface area contributed by atoms with Crippen LogP contribution in [0.15, 0.2) is 22.7 Å². The first-order valence-corrected chi connectivity index (χ1v) is 4.92. The highest BCUT2D eigenvalue weighted by Gasteiger charge is 2.28. The molecule has 3 nitrogen and oxygen atoms in total. The molecular weight excluding hydrogens is 291 g/mol. The molecule has 0 saturated heterocycles. The molecule has 0 radical (unpaired) electrons. The summed E-state index contributed by atoms with van der Waals surface area (Å²) in [5.41, 5.74) is -0.201. The summed E-state index contributed by atoms with van der Waals surface area (Å²) in [6.45, 7) is -1.43. The van der Waals surface area contributed by atoms with E-state index in [2.05, 4.69) is 15.9 Å². The largest absolute Gasteiger partial charge is 0.507 e. The lowest BCUT2D eigenvalue weighted by Gasteiger charge is -2.09. The van der Waals surface area contributed by atoms with Crippen molar-refractivity contribution < 1.29 is 23.1 Å². The zero-order chi connectivity index (χ0) is 12.3. The lowest BCUT2D eigenvalue weighted by Crippen LogP contribution is -2.33. The van der Waals surface area contributed by atoms with E-state index in [-0.39, 0.29) is 11.3 Å². The SMILES string of the molecule is O=C(NCC(F)(F)F)c1ccc(Br)cc1O. The number of hydrogen-bond acceptors (Lipinski definition) is 2. The van der Waals surface area contributed by atoms with Crippen molar-refractivity contribution in [1.29, 1.82) is 0 Å². The van der Waals surface area contributed by atoms with Gasteiger partial charge in [0.2, 0.25) is 0 Å². The van der Waals surface area contributed by atoms with Crippen molar-refractivity contribution in [2.45, 2.75) is 6.18 Å². The zero-order valence-electron chi connectivity index (χ0n) is 7.81. The number of phenols is 1. The second-order valence-corrected chi connectivity index (χ2v) is 3.88. The Balaban J connectivity index is 2.74. The van der Waals surface area contributed by atoms with Crippen molar-refractivity contribution in [1.82, 2.24) is 5.32 Å². The molecule has 1 rings (SSSR count). The van der Waals surface area contributed by atoms with Crippen LogP contribution in [0.3, 0.4) is 0 Å². The fourth-order valence-electron chi connectivity index (χ4n) is 0.973. The van der Waals surface area contributed by atoms with Crippen LogP contribution in [-0.2, 0) is 0 Å². The van der Waals surface area contributed by atoms with Crippen molar-refractivity contribution in [2.75, 3.05) is 6.54 Å². The van der Waals surface area contributed by atoms with Crippen LogP contribution in [0.25, 0.3) is 0 Å². The third kappa shape index (κ3) is 3.73. The second kappa shape index (κ2) is 4.73. The van der Waals surface area contributed by atoms with Crippen LogP contribution in [0.5, 0.6) is 5.75 Å². The Hall–Kier alpha value is -1.24. The Morgan fingerprint density at radius 2 is 2.06 bits per heavy atom. The van der Waals surface area contributed by atoms with Gasteiger partial charge in [0.25, 0.3) is 5.91 Å². The number of rotatable bonds is 2. The highest BCUT2D eigenvalue weighted by atomic mass is 79.9.